The third kappa shape index (κ3) is 5.31. The van der Waals surface area contributed by atoms with Crippen molar-refractivity contribution in [1.82, 2.24) is 0 Å². The summed E-state index contributed by atoms with van der Waals surface area (Å²) in [5.74, 6) is -0.523. The lowest BCUT2D eigenvalue weighted by Gasteiger charge is -2.15. The van der Waals surface area contributed by atoms with Gasteiger partial charge in [-0.3, -0.25) is 4.79 Å². The lowest BCUT2D eigenvalue weighted by atomic mass is 9.99. The van der Waals surface area contributed by atoms with E-state index in [1.807, 2.05) is 6.07 Å². The smallest absolute Gasteiger partial charge is 0.446 e. The molecule has 0 amide bonds. The third-order valence-corrected chi connectivity index (χ3v) is 3.47. The second-order valence-electron chi connectivity index (χ2n) is 4.11. The number of carbonyl (C=O) groups is 1. The molecule has 114 valence electrons. The van der Waals surface area contributed by atoms with Crippen molar-refractivity contribution < 1.29 is 22.7 Å². The average Bonchev–Trinajstić information content (AvgIpc) is 2.36. The summed E-state index contributed by atoms with van der Waals surface area (Å²) in [6.45, 7) is 3.55. The molecule has 3 nitrogen and oxygen atoms in total. The van der Waals surface area contributed by atoms with Crippen LogP contribution < -0.4 is 0 Å². The van der Waals surface area contributed by atoms with Crippen LogP contribution in [0.1, 0.15) is 30.5 Å². The van der Waals surface area contributed by atoms with Crippen LogP contribution in [-0.2, 0) is 22.4 Å². The van der Waals surface area contributed by atoms with Gasteiger partial charge in [-0.1, -0.05) is 6.92 Å². The second-order valence-corrected chi connectivity index (χ2v) is 5.21. The summed E-state index contributed by atoms with van der Waals surface area (Å²) in [6.07, 6.45) is 0.191. The minimum Gasteiger partial charge on any atom is -0.466 e. The monoisotopic (exact) mass is 317 g/mol. The summed E-state index contributed by atoms with van der Waals surface area (Å²) in [7, 11) is 0. The Hall–Kier alpha value is -1.68. The first-order valence-corrected chi connectivity index (χ1v) is 7.09. The van der Waals surface area contributed by atoms with E-state index in [9.17, 15) is 18.0 Å². The topological polar surface area (TPSA) is 50.1 Å². The lowest BCUT2D eigenvalue weighted by Crippen LogP contribution is -2.11. The van der Waals surface area contributed by atoms with Crippen LogP contribution in [0.15, 0.2) is 17.0 Å². The van der Waals surface area contributed by atoms with Crippen molar-refractivity contribution >= 4 is 17.7 Å². The van der Waals surface area contributed by atoms with Gasteiger partial charge in [0.15, 0.2) is 0 Å². The predicted octanol–water partition coefficient (Wildman–Crippen LogP) is 3.84. The van der Waals surface area contributed by atoms with E-state index in [1.54, 1.807) is 13.8 Å². The first kappa shape index (κ1) is 17.4. The van der Waals surface area contributed by atoms with E-state index < -0.39 is 11.5 Å². The fourth-order valence-electron chi connectivity index (χ4n) is 1.91. The number of rotatable bonds is 5. The van der Waals surface area contributed by atoms with Gasteiger partial charge in [-0.2, -0.15) is 18.4 Å². The number of halogens is 3. The van der Waals surface area contributed by atoms with Crippen LogP contribution in [0, 0.1) is 11.3 Å². The zero-order valence-corrected chi connectivity index (χ0v) is 12.4. The molecule has 0 bridgehead atoms. The highest BCUT2D eigenvalue weighted by atomic mass is 32.2. The van der Waals surface area contributed by atoms with E-state index in [0.29, 0.717) is 17.5 Å². The molecule has 1 aromatic rings. The van der Waals surface area contributed by atoms with Crippen LogP contribution in [-0.4, -0.2) is 18.1 Å². The summed E-state index contributed by atoms with van der Waals surface area (Å²) in [5.41, 5.74) is -3.52. The number of hydrogen-bond acceptors (Lipinski definition) is 4. The highest BCUT2D eigenvalue weighted by Gasteiger charge is 2.31. The molecule has 7 heteroatoms. The van der Waals surface area contributed by atoms with E-state index >= 15 is 0 Å². The summed E-state index contributed by atoms with van der Waals surface area (Å²) in [6, 6.07) is 4.46. The lowest BCUT2D eigenvalue weighted by molar-refractivity contribution is -0.142. The molecule has 0 radical (unpaired) electrons. The quantitative estimate of drug-likeness (QED) is 0.611. The summed E-state index contributed by atoms with van der Waals surface area (Å²) < 4.78 is 42.6. The number of nitriles is 1. The highest BCUT2D eigenvalue weighted by molar-refractivity contribution is 8.00. The van der Waals surface area contributed by atoms with Crippen LogP contribution in [0.2, 0.25) is 0 Å². The SMILES string of the molecule is CCOC(=O)Cc1cc(C#N)cc(SC(F)(F)F)c1CC. The van der Waals surface area contributed by atoms with Crippen molar-refractivity contribution in [2.24, 2.45) is 0 Å². The van der Waals surface area contributed by atoms with Crippen molar-refractivity contribution in [3.05, 3.63) is 28.8 Å². The third-order valence-electron chi connectivity index (χ3n) is 2.65. The molecule has 0 N–H and O–H groups in total. The van der Waals surface area contributed by atoms with E-state index in [4.69, 9.17) is 10.00 Å². The molecule has 0 saturated carbocycles. The van der Waals surface area contributed by atoms with Crippen molar-refractivity contribution in [3.63, 3.8) is 0 Å². The van der Waals surface area contributed by atoms with Gasteiger partial charge in [-0.15, -0.1) is 0 Å². The Bertz CT molecular complexity index is 565. The number of benzene rings is 1. The largest absolute Gasteiger partial charge is 0.466 e. The molecule has 0 fully saturated rings. The standard InChI is InChI=1S/C14H14F3NO2S/c1-3-11-10(7-13(19)20-4-2)5-9(8-18)6-12(11)21-14(15,16)17/h5-6H,3-4,7H2,1-2H3. The molecule has 21 heavy (non-hydrogen) atoms. The molecule has 0 aliphatic heterocycles. The van der Waals surface area contributed by atoms with E-state index in [1.165, 1.54) is 12.1 Å². The molecule has 1 aromatic carbocycles. The molecule has 0 unspecified atom stereocenters. The molecular formula is C14H14F3NO2S. The fraction of sp³-hybridized carbons (Fsp3) is 0.429. The van der Waals surface area contributed by atoms with E-state index in [0.717, 1.165) is 0 Å². The molecular weight excluding hydrogens is 303 g/mol. The van der Waals surface area contributed by atoms with E-state index in [2.05, 4.69) is 0 Å². The van der Waals surface area contributed by atoms with Gasteiger partial charge < -0.3 is 4.74 Å². The van der Waals surface area contributed by atoms with Crippen molar-refractivity contribution in [1.29, 1.82) is 5.26 Å². The first-order chi connectivity index (χ1) is 9.80. The molecule has 0 spiro atoms. The predicted molar refractivity (Wildman–Crippen MR) is 72.8 cm³/mol. The van der Waals surface area contributed by atoms with Gasteiger partial charge in [-0.25, -0.2) is 0 Å². The number of alkyl halides is 3. The van der Waals surface area contributed by atoms with Crippen LogP contribution in [0.25, 0.3) is 0 Å². The normalized spacial score (nSPS) is 11.0. The molecule has 0 aromatic heterocycles. The number of carbonyl (C=O) groups excluding carboxylic acids is 1. The molecule has 0 heterocycles. The van der Waals surface area contributed by atoms with Crippen LogP contribution in [0.4, 0.5) is 13.2 Å². The van der Waals surface area contributed by atoms with Crippen molar-refractivity contribution in [2.45, 2.75) is 37.1 Å². The summed E-state index contributed by atoms with van der Waals surface area (Å²) in [4.78, 5) is 11.5. The van der Waals surface area contributed by atoms with Crippen molar-refractivity contribution in [3.8, 4) is 6.07 Å². The Kier molecular flexibility index (Phi) is 6.09. The van der Waals surface area contributed by atoms with Crippen LogP contribution in [0.3, 0.4) is 0 Å². The maximum absolute atomic E-state index is 12.6. The van der Waals surface area contributed by atoms with Gasteiger partial charge in [0.2, 0.25) is 0 Å². The number of nitrogens with zero attached hydrogens (tertiary/aromatic N) is 1. The first-order valence-electron chi connectivity index (χ1n) is 6.28. The minimum atomic E-state index is -4.45. The van der Waals surface area contributed by atoms with E-state index in [-0.39, 0.29) is 35.2 Å². The Morgan fingerprint density at radius 3 is 2.52 bits per heavy atom. The molecule has 0 aliphatic carbocycles. The molecule has 0 saturated heterocycles. The number of thioether (sulfide) groups is 1. The van der Waals surface area contributed by atoms with Gasteiger partial charge in [0.25, 0.3) is 0 Å². The minimum absolute atomic E-state index is 0.0386. The number of esters is 1. The Morgan fingerprint density at radius 1 is 1.38 bits per heavy atom. The highest BCUT2D eigenvalue weighted by Crippen LogP contribution is 2.40. The van der Waals surface area contributed by atoms with Gasteiger partial charge in [-0.05, 0) is 48.4 Å². The van der Waals surface area contributed by atoms with Crippen LogP contribution in [0.5, 0.6) is 0 Å². The average molecular weight is 317 g/mol. The molecule has 0 aliphatic rings. The van der Waals surface area contributed by atoms with Crippen molar-refractivity contribution in [2.75, 3.05) is 6.61 Å². The Balaban J connectivity index is 3.25. The number of hydrogen-bond donors (Lipinski definition) is 0. The second kappa shape index (κ2) is 7.36. The zero-order chi connectivity index (χ0) is 16.0. The maximum atomic E-state index is 12.6. The summed E-state index contributed by atoms with van der Waals surface area (Å²) >= 11 is -0.267. The van der Waals surface area contributed by atoms with Gasteiger partial charge in [0.1, 0.15) is 0 Å². The zero-order valence-electron chi connectivity index (χ0n) is 11.6. The molecule has 0 atom stereocenters. The Labute approximate surface area is 125 Å². The van der Waals surface area contributed by atoms with Gasteiger partial charge in [0.05, 0.1) is 24.7 Å². The van der Waals surface area contributed by atoms with Crippen LogP contribution >= 0.6 is 11.8 Å². The summed E-state index contributed by atoms with van der Waals surface area (Å²) in [5, 5.41) is 8.93. The maximum Gasteiger partial charge on any atom is 0.446 e. The number of ether oxygens (including phenoxy) is 1. The molecule has 1 rings (SSSR count). The van der Waals surface area contributed by atoms with Gasteiger partial charge in [0, 0.05) is 4.90 Å². The fourth-order valence-corrected chi connectivity index (χ4v) is 2.74. The van der Waals surface area contributed by atoms with Gasteiger partial charge >= 0.3 is 11.5 Å². The Morgan fingerprint density at radius 2 is 2.05 bits per heavy atom.